The molecule has 2 N–H and O–H groups in total. The zero-order chi connectivity index (χ0) is 20.5. The second kappa shape index (κ2) is 8.06. The molecule has 1 atom stereocenters. The van der Waals surface area contributed by atoms with E-state index in [2.05, 4.69) is 10.3 Å². The lowest BCUT2D eigenvalue weighted by molar-refractivity contribution is 0.0694. The van der Waals surface area contributed by atoms with Crippen LogP contribution in [0.2, 0.25) is 5.02 Å². The lowest BCUT2D eigenvalue weighted by Gasteiger charge is -2.29. The van der Waals surface area contributed by atoms with Crippen LogP contribution in [0.25, 0.3) is 0 Å². The van der Waals surface area contributed by atoms with Gasteiger partial charge in [0, 0.05) is 17.8 Å². The summed E-state index contributed by atoms with van der Waals surface area (Å²) in [6, 6.07) is 6.81. The lowest BCUT2D eigenvalue weighted by Crippen LogP contribution is -2.38. The van der Waals surface area contributed by atoms with Crippen LogP contribution in [0.5, 0.6) is 5.88 Å². The molecule has 1 aliphatic heterocycles. The largest absolute Gasteiger partial charge is 0.474 e. The van der Waals surface area contributed by atoms with Gasteiger partial charge in [-0.1, -0.05) is 11.6 Å². The number of carbonyl (C=O) groups excluding carboxylic acids is 1. The van der Waals surface area contributed by atoms with E-state index >= 15 is 0 Å². The third kappa shape index (κ3) is 4.63. The minimum atomic E-state index is -1.51. The van der Waals surface area contributed by atoms with E-state index in [1.54, 1.807) is 42.4 Å². The second-order valence-corrected chi connectivity index (χ2v) is 8.97. The van der Waals surface area contributed by atoms with Gasteiger partial charge in [-0.25, -0.2) is 9.19 Å². The summed E-state index contributed by atoms with van der Waals surface area (Å²) in [5.74, 6) is -0.0552. The van der Waals surface area contributed by atoms with E-state index in [0.717, 1.165) is 5.56 Å². The van der Waals surface area contributed by atoms with Crippen LogP contribution in [-0.4, -0.2) is 45.5 Å². The molecule has 7 nitrogen and oxygen atoms in total. The summed E-state index contributed by atoms with van der Waals surface area (Å²) < 4.78 is 20.3. The van der Waals surface area contributed by atoms with Crippen molar-refractivity contribution in [1.29, 1.82) is 0 Å². The van der Waals surface area contributed by atoms with E-state index in [0.29, 0.717) is 40.2 Å². The molecule has 1 aromatic heterocycles. The first-order valence-corrected chi connectivity index (χ1v) is 10.2. The predicted molar refractivity (Wildman–Crippen MR) is 108 cm³/mol. The van der Waals surface area contributed by atoms with Crippen molar-refractivity contribution in [1.82, 2.24) is 10.3 Å². The molecule has 0 saturated carbocycles. The smallest absolute Gasteiger partial charge is 0.253 e. The van der Waals surface area contributed by atoms with Crippen LogP contribution in [0.3, 0.4) is 0 Å². The number of aromatic nitrogens is 1. The van der Waals surface area contributed by atoms with Crippen LogP contribution in [-0.2, 0) is 11.0 Å². The van der Waals surface area contributed by atoms with E-state index in [4.69, 9.17) is 16.3 Å². The molecule has 0 fully saturated rings. The van der Waals surface area contributed by atoms with Crippen molar-refractivity contribution in [2.45, 2.75) is 31.3 Å². The summed E-state index contributed by atoms with van der Waals surface area (Å²) in [7, 11) is -1.51. The van der Waals surface area contributed by atoms with Crippen molar-refractivity contribution >= 4 is 34.2 Å². The molecule has 0 saturated heterocycles. The van der Waals surface area contributed by atoms with Crippen LogP contribution < -0.4 is 14.4 Å². The van der Waals surface area contributed by atoms with E-state index in [-0.39, 0.29) is 12.5 Å². The number of anilines is 1. The number of fused-ring (bicyclic) bond motifs is 1. The molecule has 0 aliphatic carbocycles. The van der Waals surface area contributed by atoms with Crippen molar-refractivity contribution in [3.8, 4) is 5.88 Å². The molecule has 2 heterocycles. The molecule has 3 rings (SSSR count). The molecule has 0 bridgehead atoms. The van der Waals surface area contributed by atoms with E-state index in [1.807, 2.05) is 6.92 Å². The van der Waals surface area contributed by atoms with Crippen molar-refractivity contribution in [3.63, 3.8) is 0 Å². The highest BCUT2D eigenvalue weighted by atomic mass is 35.5. The Labute approximate surface area is 171 Å². The third-order valence-corrected chi connectivity index (χ3v) is 5.97. The van der Waals surface area contributed by atoms with Gasteiger partial charge < -0.3 is 15.2 Å². The predicted octanol–water partition coefficient (Wildman–Crippen LogP) is 2.47. The Balaban J connectivity index is 1.88. The minimum Gasteiger partial charge on any atom is -0.474 e. The first-order valence-electron chi connectivity index (χ1n) is 8.75. The van der Waals surface area contributed by atoms with E-state index < -0.39 is 16.6 Å². The van der Waals surface area contributed by atoms with Crippen molar-refractivity contribution in [3.05, 3.63) is 46.6 Å². The van der Waals surface area contributed by atoms with Gasteiger partial charge in [0.2, 0.25) is 5.88 Å². The SMILES string of the molecule is Cc1cc(S(=O)N2CCOc3ncc(C(=O)NCC(C)(C)O)cc32)ccc1Cl. The normalized spacial score (nSPS) is 14.8. The van der Waals surface area contributed by atoms with Gasteiger partial charge in [0.05, 0.1) is 22.6 Å². The van der Waals surface area contributed by atoms with Crippen LogP contribution in [0.1, 0.15) is 29.8 Å². The zero-order valence-corrected chi connectivity index (χ0v) is 17.4. The Morgan fingerprint density at radius 1 is 1.43 bits per heavy atom. The number of halogens is 1. The molecule has 1 aliphatic rings. The number of nitrogens with zero attached hydrogens (tertiary/aromatic N) is 2. The van der Waals surface area contributed by atoms with Crippen molar-refractivity contribution < 1.29 is 18.8 Å². The number of aliphatic hydroxyl groups is 1. The first kappa shape index (κ1) is 20.6. The summed E-state index contributed by atoms with van der Waals surface area (Å²) in [4.78, 5) is 17.2. The number of hydrogen-bond acceptors (Lipinski definition) is 5. The fourth-order valence-electron chi connectivity index (χ4n) is 2.62. The van der Waals surface area contributed by atoms with Crippen molar-refractivity contribution in [2.24, 2.45) is 0 Å². The van der Waals surface area contributed by atoms with Crippen LogP contribution in [0.15, 0.2) is 35.4 Å². The molecule has 150 valence electrons. The third-order valence-electron chi connectivity index (χ3n) is 4.11. The van der Waals surface area contributed by atoms with Gasteiger partial charge in [-0.05, 0) is 50.6 Å². The summed E-state index contributed by atoms with van der Waals surface area (Å²) >= 11 is 6.06. The van der Waals surface area contributed by atoms with Crippen LogP contribution >= 0.6 is 11.6 Å². The molecule has 9 heteroatoms. The first-order chi connectivity index (χ1) is 13.2. The Kier molecular flexibility index (Phi) is 5.92. The fourth-order valence-corrected chi connectivity index (χ4v) is 4.01. The topological polar surface area (TPSA) is 91.8 Å². The van der Waals surface area contributed by atoms with Crippen LogP contribution in [0.4, 0.5) is 5.69 Å². The highest BCUT2D eigenvalue weighted by Gasteiger charge is 2.27. The molecular formula is C19H22ClN3O4S. The van der Waals surface area contributed by atoms with Gasteiger partial charge in [0.1, 0.15) is 12.3 Å². The number of amides is 1. The van der Waals surface area contributed by atoms with E-state index in [1.165, 1.54) is 6.20 Å². The molecule has 1 unspecified atom stereocenters. The number of pyridine rings is 1. The van der Waals surface area contributed by atoms with Gasteiger partial charge in [0.25, 0.3) is 5.91 Å². The Morgan fingerprint density at radius 3 is 2.86 bits per heavy atom. The molecule has 1 amide bonds. The lowest BCUT2D eigenvalue weighted by atomic mass is 10.1. The average Bonchev–Trinajstić information content (AvgIpc) is 2.66. The maximum Gasteiger partial charge on any atom is 0.253 e. The number of rotatable bonds is 5. The number of nitrogens with one attached hydrogen (secondary N) is 1. The summed E-state index contributed by atoms with van der Waals surface area (Å²) in [6.45, 7) is 5.87. The molecule has 0 spiro atoms. The number of hydrogen-bond donors (Lipinski definition) is 2. The summed E-state index contributed by atoms with van der Waals surface area (Å²) in [6.07, 6.45) is 1.40. The molecular weight excluding hydrogens is 402 g/mol. The maximum absolute atomic E-state index is 13.1. The maximum atomic E-state index is 13.1. The number of ether oxygens (including phenoxy) is 1. The van der Waals surface area contributed by atoms with Gasteiger partial charge in [0.15, 0.2) is 11.0 Å². The minimum absolute atomic E-state index is 0.0963. The average molecular weight is 424 g/mol. The number of benzene rings is 1. The van der Waals surface area contributed by atoms with Gasteiger partial charge in [-0.15, -0.1) is 0 Å². The number of aryl methyl sites for hydroxylation is 1. The van der Waals surface area contributed by atoms with Crippen molar-refractivity contribution in [2.75, 3.05) is 24.0 Å². The van der Waals surface area contributed by atoms with Gasteiger partial charge in [-0.3, -0.25) is 9.10 Å². The number of carbonyl (C=O) groups is 1. The fraction of sp³-hybridized carbons (Fsp3) is 0.368. The molecule has 1 aromatic carbocycles. The summed E-state index contributed by atoms with van der Waals surface area (Å²) in [5, 5.41) is 13.0. The van der Waals surface area contributed by atoms with Crippen LogP contribution in [0, 0.1) is 6.92 Å². The zero-order valence-electron chi connectivity index (χ0n) is 15.9. The Bertz CT molecular complexity index is 930. The highest BCUT2D eigenvalue weighted by molar-refractivity contribution is 7.86. The second-order valence-electron chi connectivity index (χ2n) is 7.15. The Morgan fingerprint density at radius 2 is 2.18 bits per heavy atom. The summed E-state index contributed by atoms with van der Waals surface area (Å²) in [5.41, 5.74) is 0.579. The van der Waals surface area contributed by atoms with E-state index in [9.17, 15) is 14.1 Å². The Hall–Kier alpha value is -2.16. The highest BCUT2D eigenvalue weighted by Crippen LogP contribution is 2.33. The molecule has 28 heavy (non-hydrogen) atoms. The monoisotopic (exact) mass is 423 g/mol. The molecule has 2 aromatic rings. The van der Waals surface area contributed by atoms with Gasteiger partial charge in [-0.2, -0.15) is 0 Å². The quantitative estimate of drug-likeness (QED) is 0.770. The van der Waals surface area contributed by atoms with Gasteiger partial charge >= 0.3 is 0 Å². The molecule has 0 radical (unpaired) electrons. The standard InChI is InChI=1S/C19H22ClN3O4S/c1-12-8-14(4-5-15(12)20)28(26)23-6-7-27-18-16(23)9-13(10-21-18)17(24)22-11-19(2,3)25/h4-5,8-10,25H,6-7,11H2,1-3H3,(H,22,24).